The topological polar surface area (TPSA) is 53.1 Å². The predicted molar refractivity (Wildman–Crippen MR) is 148 cm³/mol. The number of rotatable bonds is 11. The Balaban J connectivity index is 1.33. The largest absolute Gasteiger partial charge is 0.368 e. The standard InChI is InChI=1S/C31H37N3O3/c1-25(2)21-29(22-34(24-35)37-23-26-9-5-3-6-10-26)31(36)33-19-17-32(18-20-33)30-15-13-28(14-16-30)27-11-7-4-8-12-27/h3-16,24-25,29H,17-23H2,1-2H3/t29-/m0/s1. The Morgan fingerprint density at radius 1 is 0.865 bits per heavy atom. The van der Waals surface area contributed by atoms with Crippen molar-refractivity contribution in [1.82, 2.24) is 9.96 Å². The second kappa shape index (κ2) is 13.1. The third-order valence-electron chi connectivity index (χ3n) is 6.79. The van der Waals surface area contributed by atoms with Crippen LogP contribution in [0.4, 0.5) is 5.69 Å². The summed E-state index contributed by atoms with van der Waals surface area (Å²) < 4.78 is 0. The molecule has 0 saturated carbocycles. The van der Waals surface area contributed by atoms with Crippen LogP contribution in [0.1, 0.15) is 25.8 Å². The first-order valence-corrected chi connectivity index (χ1v) is 13.1. The van der Waals surface area contributed by atoms with Gasteiger partial charge in [0.1, 0.15) is 6.61 Å². The number of benzene rings is 3. The van der Waals surface area contributed by atoms with E-state index in [0.29, 0.717) is 38.4 Å². The molecule has 1 atom stereocenters. The summed E-state index contributed by atoms with van der Waals surface area (Å²) in [6.07, 6.45) is 1.39. The van der Waals surface area contributed by atoms with Gasteiger partial charge in [-0.3, -0.25) is 14.4 Å². The van der Waals surface area contributed by atoms with Crippen molar-refractivity contribution >= 4 is 18.0 Å². The summed E-state index contributed by atoms with van der Waals surface area (Å²) in [5, 5.41) is 1.28. The third-order valence-corrected chi connectivity index (χ3v) is 6.79. The van der Waals surface area contributed by atoms with Crippen molar-refractivity contribution in [2.24, 2.45) is 11.8 Å². The van der Waals surface area contributed by atoms with Gasteiger partial charge in [-0.05, 0) is 41.2 Å². The minimum absolute atomic E-state index is 0.0999. The molecule has 194 valence electrons. The lowest BCUT2D eigenvalue weighted by Gasteiger charge is -2.38. The van der Waals surface area contributed by atoms with Crippen LogP contribution in [-0.4, -0.2) is 55.0 Å². The molecule has 4 rings (SSSR count). The molecule has 1 heterocycles. The van der Waals surface area contributed by atoms with Crippen LogP contribution in [0, 0.1) is 11.8 Å². The Morgan fingerprint density at radius 2 is 1.46 bits per heavy atom. The molecule has 0 bridgehead atoms. The number of amides is 2. The van der Waals surface area contributed by atoms with E-state index in [2.05, 4.69) is 67.3 Å². The molecule has 37 heavy (non-hydrogen) atoms. The van der Waals surface area contributed by atoms with Crippen molar-refractivity contribution in [3.05, 3.63) is 90.5 Å². The summed E-state index contributed by atoms with van der Waals surface area (Å²) >= 11 is 0. The second-order valence-corrected chi connectivity index (χ2v) is 10.0. The van der Waals surface area contributed by atoms with Crippen molar-refractivity contribution in [2.75, 3.05) is 37.6 Å². The lowest BCUT2D eigenvalue weighted by atomic mass is 9.95. The summed E-state index contributed by atoms with van der Waals surface area (Å²) in [7, 11) is 0. The highest BCUT2D eigenvalue weighted by Crippen LogP contribution is 2.25. The van der Waals surface area contributed by atoms with Crippen LogP contribution >= 0.6 is 0 Å². The molecule has 1 aliphatic rings. The van der Waals surface area contributed by atoms with Crippen LogP contribution in [-0.2, 0) is 21.0 Å². The fraction of sp³-hybridized carbons (Fsp3) is 0.355. The van der Waals surface area contributed by atoms with Gasteiger partial charge in [-0.2, -0.15) is 0 Å². The van der Waals surface area contributed by atoms with Crippen LogP contribution in [0.2, 0.25) is 0 Å². The third kappa shape index (κ3) is 7.43. The normalized spacial score (nSPS) is 14.5. The highest BCUT2D eigenvalue weighted by atomic mass is 16.7. The molecule has 2 amide bonds. The van der Waals surface area contributed by atoms with Crippen molar-refractivity contribution in [2.45, 2.75) is 26.9 Å². The Hall–Kier alpha value is -3.64. The minimum atomic E-state index is -0.294. The van der Waals surface area contributed by atoms with Gasteiger partial charge in [-0.1, -0.05) is 86.6 Å². The summed E-state index contributed by atoms with van der Waals surface area (Å²) in [5.74, 6) is 0.140. The number of hydrogen-bond acceptors (Lipinski definition) is 4. The number of hydrogen-bond donors (Lipinski definition) is 0. The maximum Gasteiger partial charge on any atom is 0.233 e. The van der Waals surface area contributed by atoms with Crippen molar-refractivity contribution in [3.8, 4) is 11.1 Å². The van der Waals surface area contributed by atoms with Crippen LogP contribution in [0.5, 0.6) is 0 Å². The highest BCUT2D eigenvalue weighted by Gasteiger charge is 2.30. The van der Waals surface area contributed by atoms with E-state index in [0.717, 1.165) is 18.7 Å². The average Bonchev–Trinajstić information content (AvgIpc) is 2.95. The monoisotopic (exact) mass is 499 g/mol. The molecule has 1 fully saturated rings. The van der Waals surface area contributed by atoms with E-state index >= 15 is 0 Å². The van der Waals surface area contributed by atoms with E-state index in [4.69, 9.17) is 4.84 Å². The van der Waals surface area contributed by atoms with Crippen LogP contribution in [0.3, 0.4) is 0 Å². The van der Waals surface area contributed by atoms with Gasteiger partial charge < -0.3 is 9.80 Å². The van der Waals surface area contributed by atoms with Gasteiger partial charge in [0.15, 0.2) is 0 Å². The van der Waals surface area contributed by atoms with E-state index in [1.807, 2.05) is 41.3 Å². The first kappa shape index (κ1) is 26.4. The molecule has 0 spiro atoms. The lowest BCUT2D eigenvalue weighted by Crippen LogP contribution is -2.51. The van der Waals surface area contributed by atoms with Gasteiger partial charge in [0.25, 0.3) is 0 Å². The zero-order chi connectivity index (χ0) is 26.0. The van der Waals surface area contributed by atoms with Gasteiger partial charge in [0, 0.05) is 31.9 Å². The fourth-order valence-corrected chi connectivity index (χ4v) is 4.84. The lowest BCUT2D eigenvalue weighted by molar-refractivity contribution is -0.183. The van der Waals surface area contributed by atoms with Gasteiger partial charge in [0.05, 0.1) is 12.5 Å². The van der Waals surface area contributed by atoms with Crippen LogP contribution < -0.4 is 4.90 Å². The predicted octanol–water partition coefficient (Wildman–Crippen LogP) is 5.25. The molecule has 6 nitrogen and oxygen atoms in total. The van der Waals surface area contributed by atoms with Gasteiger partial charge >= 0.3 is 0 Å². The molecule has 0 radical (unpaired) electrons. The highest BCUT2D eigenvalue weighted by molar-refractivity contribution is 5.79. The Labute approximate surface area is 220 Å². The number of piperazine rings is 1. The maximum atomic E-state index is 13.5. The molecular formula is C31H37N3O3. The molecule has 0 aromatic heterocycles. The van der Waals surface area contributed by atoms with E-state index < -0.39 is 0 Å². The van der Waals surface area contributed by atoms with Crippen molar-refractivity contribution in [3.63, 3.8) is 0 Å². The average molecular weight is 500 g/mol. The summed E-state index contributed by atoms with van der Waals surface area (Å²) in [5.41, 5.74) is 4.56. The molecule has 0 unspecified atom stereocenters. The SMILES string of the molecule is CC(C)C[C@@H](CN(C=O)OCc1ccccc1)C(=O)N1CCN(c2ccc(-c3ccccc3)cc2)CC1. The van der Waals surface area contributed by atoms with Crippen molar-refractivity contribution < 1.29 is 14.4 Å². The molecule has 1 saturated heterocycles. The number of nitrogens with zero attached hydrogens (tertiary/aromatic N) is 3. The first-order chi connectivity index (χ1) is 18.0. The molecule has 6 heteroatoms. The number of carbonyl (C=O) groups excluding carboxylic acids is 2. The number of carbonyl (C=O) groups is 2. The molecule has 0 aliphatic carbocycles. The molecule has 0 N–H and O–H groups in total. The number of anilines is 1. The zero-order valence-corrected chi connectivity index (χ0v) is 21.8. The molecule has 3 aromatic carbocycles. The van der Waals surface area contributed by atoms with Gasteiger partial charge in [-0.25, -0.2) is 5.06 Å². The summed E-state index contributed by atoms with van der Waals surface area (Å²) in [4.78, 5) is 35.2. The van der Waals surface area contributed by atoms with E-state index in [-0.39, 0.29) is 18.4 Å². The number of hydroxylamine groups is 2. The van der Waals surface area contributed by atoms with Crippen LogP contribution in [0.25, 0.3) is 11.1 Å². The zero-order valence-electron chi connectivity index (χ0n) is 21.8. The first-order valence-electron chi connectivity index (χ1n) is 13.1. The Kier molecular flexibility index (Phi) is 9.33. The van der Waals surface area contributed by atoms with E-state index in [1.165, 1.54) is 21.9 Å². The maximum absolute atomic E-state index is 13.5. The minimum Gasteiger partial charge on any atom is -0.368 e. The Morgan fingerprint density at radius 3 is 2.05 bits per heavy atom. The quantitative estimate of drug-likeness (QED) is 0.267. The van der Waals surface area contributed by atoms with Crippen LogP contribution in [0.15, 0.2) is 84.9 Å². The smallest absolute Gasteiger partial charge is 0.233 e. The molecule has 3 aromatic rings. The second-order valence-electron chi connectivity index (χ2n) is 10.0. The molecular weight excluding hydrogens is 462 g/mol. The molecule has 1 aliphatic heterocycles. The summed E-state index contributed by atoms with van der Waals surface area (Å²) in [6, 6.07) is 28.7. The Bertz CT molecular complexity index is 1110. The van der Waals surface area contributed by atoms with Crippen molar-refractivity contribution in [1.29, 1.82) is 0 Å². The van der Waals surface area contributed by atoms with E-state index in [9.17, 15) is 9.59 Å². The van der Waals surface area contributed by atoms with E-state index in [1.54, 1.807) is 0 Å². The van der Waals surface area contributed by atoms with Gasteiger partial charge in [-0.15, -0.1) is 0 Å². The summed E-state index contributed by atoms with van der Waals surface area (Å²) in [6.45, 7) is 7.66. The van der Waals surface area contributed by atoms with Gasteiger partial charge in [0.2, 0.25) is 12.3 Å². The fourth-order valence-electron chi connectivity index (χ4n) is 4.84.